The van der Waals surface area contributed by atoms with Gasteiger partial charge in [-0.2, -0.15) is 0 Å². The smallest absolute Gasteiger partial charge is 0.422 e. The summed E-state index contributed by atoms with van der Waals surface area (Å²) >= 11 is 0. The zero-order valence-corrected chi connectivity index (χ0v) is 11.1. The first-order valence-corrected chi connectivity index (χ1v) is 5.57. The summed E-state index contributed by atoms with van der Waals surface area (Å²) in [6.45, 7) is 9.43. The molecule has 0 spiro atoms. The molecule has 0 aromatic rings. The number of hydrogen-bond donors (Lipinski definition) is 2. The van der Waals surface area contributed by atoms with Gasteiger partial charge in [0.25, 0.3) is 0 Å². The Balaban J connectivity index is 3.92. The Morgan fingerprint density at radius 2 is 1.94 bits per heavy atom. The summed E-state index contributed by atoms with van der Waals surface area (Å²) in [7, 11) is 1.65. The SMILES string of the molecule is CC[C@@H](OC)C(C)NNC(=O)OC(C)(C)C. The van der Waals surface area contributed by atoms with E-state index in [1.165, 1.54) is 0 Å². The van der Waals surface area contributed by atoms with Gasteiger partial charge in [0.05, 0.1) is 6.10 Å². The molecule has 2 N–H and O–H groups in total. The Kier molecular flexibility index (Phi) is 6.36. The van der Waals surface area contributed by atoms with Gasteiger partial charge in [-0.15, -0.1) is 0 Å². The third kappa shape index (κ3) is 6.63. The van der Waals surface area contributed by atoms with Crippen LogP contribution in [0.1, 0.15) is 41.0 Å². The monoisotopic (exact) mass is 232 g/mol. The van der Waals surface area contributed by atoms with Crippen LogP contribution in [0.5, 0.6) is 0 Å². The van der Waals surface area contributed by atoms with Gasteiger partial charge in [0, 0.05) is 13.2 Å². The summed E-state index contributed by atoms with van der Waals surface area (Å²) in [5.41, 5.74) is 4.87. The second-order valence-electron chi connectivity index (χ2n) is 4.74. The second kappa shape index (κ2) is 6.70. The summed E-state index contributed by atoms with van der Waals surface area (Å²) in [4.78, 5) is 11.3. The van der Waals surface area contributed by atoms with Crippen molar-refractivity contribution in [1.82, 2.24) is 10.9 Å². The van der Waals surface area contributed by atoms with Crippen LogP contribution in [0.3, 0.4) is 0 Å². The molecule has 0 aliphatic heterocycles. The van der Waals surface area contributed by atoms with Crippen molar-refractivity contribution in [3.05, 3.63) is 0 Å². The zero-order chi connectivity index (χ0) is 12.8. The van der Waals surface area contributed by atoms with Crippen molar-refractivity contribution in [2.45, 2.75) is 58.8 Å². The van der Waals surface area contributed by atoms with E-state index < -0.39 is 11.7 Å². The minimum absolute atomic E-state index is 0.0301. The Hall–Kier alpha value is -0.810. The van der Waals surface area contributed by atoms with Gasteiger partial charge in [-0.1, -0.05) is 6.92 Å². The van der Waals surface area contributed by atoms with Gasteiger partial charge in [0.1, 0.15) is 5.60 Å². The van der Waals surface area contributed by atoms with E-state index in [0.29, 0.717) is 0 Å². The van der Waals surface area contributed by atoms with Gasteiger partial charge in [0.2, 0.25) is 0 Å². The number of carbonyl (C=O) groups excluding carboxylic acids is 1. The molecule has 5 nitrogen and oxygen atoms in total. The summed E-state index contributed by atoms with van der Waals surface area (Å²) in [6, 6.07) is 0.0301. The largest absolute Gasteiger partial charge is 0.443 e. The number of hydrogen-bond acceptors (Lipinski definition) is 4. The van der Waals surface area contributed by atoms with Crippen molar-refractivity contribution < 1.29 is 14.3 Å². The first kappa shape index (κ1) is 15.2. The maximum atomic E-state index is 11.3. The standard InChI is InChI=1S/C11H24N2O3/c1-7-9(15-6)8(2)12-13-10(14)16-11(3,4)5/h8-9,12H,7H2,1-6H3,(H,13,14)/t8?,9-/m1/s1. The van der Waals surface area contributed by atoms with Crippen LogP contribution >= 0.6 is 0 Å². The third-order valence-electron chi connectivity index (χ3n) is 2.06. The molecule has 0 radical (unpaired) electrons. The molecule has 16 heavy (non-hydrogen) atoms. The third-order valence-corrected chi connectivity index (χ3v) is 2.06. The van der Waals surface area contributed by atoms with Gasteiger partial charge < -0.3 is 9.47 Å². The molecule has 1 unspecified atom stereocenters. The van der Waals surface area contributed by atoms with Crippen molar-refractivity contribution in [3.8, 4) is 0 Å². The van der Waals surface area contributed by atoms with Crippen LogP contribution in [0.4, 0.5) is 4.79 Å². The minimum Gasteiger partial charge on any atom is -0.443 e. The molecule has 0 saturated carbocycles. The van der Waals surface area contributed by atoms with Gasteiger partial charge in [-0.25, -0.2) is 10.2 Å². The maximum absolute atomic E-state index is 11.3. The van der Waals surface area contributed by atoms with Gasteiger partial charge in [-0.05, 0) is 34.1 Å². The minimum atomic E-state index is -0.486. The predicted molar refractivity (Wildman–Crippen MR) is 63.1 cm³/mol. The van der Waals surface area contributed by atoms with E-state index in [9.17, 15) is 4.79 Å². The lowest BCUT2D eigenvalue weighted by Crippen LogP contribution is -2.49. The van der Waals surface area contributed by atoms with Gasteiger partial charge in [0.15, 0.2) is 0 Å². The van der Waals surface area contributed by atoms with Crippen LogP contribution in [0.15, 0.2) is 0 Å². The van der Waals surface area contributed by atoms with E-state index in [4.69, 9.17) is 9.47 Å². The van der Waals surface area contributed by atoms with E-state index in [2.05, 4.69) is 10.9 Å². The molecule has 1 amide bonds. The predicted octanol–water partition coefficient (Wildman–Crippen LogP) is 1.83. The molecule has 0 heterocycles. The normalized spacial score (nSPS) is 15.4. The molecule has 0 saturated heterocycles. The van der Waals surface area contributed by atoms with Crippen LogP contribution in [-0.2, 0) is 9.47 Å². The summed E-state index contributed by atoms with van der Waals surface area (Å²) < 4.78 is 10.3. The topological polar surface area (TPSA) is 59.6 Å². The second-order valence-corrected chi connectivity index (χ2v) is 4.74. The van der Waals surface area contributed by atoms with Crippen molar-refractivity contribution in [1.29, 1.82) is 0 Å². The molecule has 0 bridgehead atoms. The number of amides is 1. The maximum Gasteiger partial charge on any atom is 0.422 e. The van der Waals surface area contributed by atoms with Crippen LogP contribution in [0, 0.1) is 0 Å². The quantitative estimate of drug-likeness (QED) is 0.710. The van der Waals surface area contributed by atoms with E-state index in [1.807, 2.05) is 34.6 Å². The van der Waals surface area contributed by atoms with Crippen LogP contribution < -0.4 is 10.9 Å². The van der Waals surface area contributed by atoms with Crippen LogP contribution in [0.25, 0.3) is 0 Å². The van der Waals surface area contributed by atoms with Gasteiger partial charge >= 0.3 is 6.09 Å². The molecule has 0 aromatic heterocycles. The molecular weight excluding hydrogens is 208 g/mol. The Morgan fingerprint density at radius 1 is 1.38 bits per heavy atom. The average molecular weight is 232 g/mol. The molecule has 0 aliphatic carbocycles. The Bertz CT molecular complexity index is 210. The highest BCUT2D eigenvalue weighted by molar-refractivity contribution is 5.67. The Labute approximate surface area is 97.8 Å². The molecule has 0 aliphatic rings. The average Bonchev–Trinajstić information content (AvgIpc) is 2.14. The Morgan fingerprint density at radius 3 is 2.31 bits per heavy atom. The number of ether oxygens (including phenoxy) is 2. The molecule has 0 aromatic carbocycles. The van der Waals surface area contributed by atoms with E-state index in [1.54, 1.807) is 7.11 Å². The van der Waals surface area contributed by atoms with Crippen molar-refractivity contribution in [2.75, 3.05) is 7.11 Å². The fourth-order valence-electron chi connectivity index (χ4n) is 1.29. The highest BCUT2D eigenvalue weighted by Gasteiger charge is 2.18. The lowest BCUT2D eigenvalue weighted by Gasteiger charge is -2.24. The van der Waals surface area contributed by atoms with E-state index >= 15 is 0 Å². The van der Waals surface area contributed by atoms with Crippen molar-refractivity contribution in [2.24, 2.45) is 0 Å². The number of hydrazine groups is 1. The van der Waals surface area contributed by atoms with E-state index in [0.717, 1.165) is 6.42 Å². The number of nitrogens with one attached hydrogen (secondary N) is 2. The lowest BCUT2D eigenvalue weighted by molar-refractivity contribution is 0.0395. The summed E-state index contributed by atoms with van der Waals surface area (Å²) in [5.74, 6) is 0. The fraction of sp³-hybridized carbons (Fsp3) is 0.909. The van der Waals surface area contributed by atoms with Crippen LogP contribution in [0.2, 0.25) is 0 Å². The molecule has 0 rings (SSSR count). The highest BCUT2D eigenvalue weighted by atomic mass is 16.6. The van der Waals surface area contributed by atoms with Crippen LogP contribution in [-0.4, -0.2) is 30.9 Å². The van der Waals surface area contributed by atoms with Crippen molar-refractivity contribution >= 4 is 6.09 Å². The zero-order valence-electron chi connectivity index (χ0n) is 11.1. The number of carbonyl (C=O) groups is 1. The molecular formula is C11H24N2O3. The van der Waals surface area contributed by atoms with Gasteiger partial charge in [-0.3, -0.25) is 5.43 Å². The first-order chi connectivity index (χ1) is 7.30. The lowest BCUT2D eigenvalue weighted by atomic mass is 10.1. The number of methoxy groups -OCH3 is 1. The molecule has 96 valence electrons. The first-order valence-electron chi connectivity index (χ1n) is 5.57. The molecule has 0 fully saturated rings. The molecule has 5 heteroatoms. The fourth-order valence-corrected chi connectivity index (χ4v) is 1.29. The highest BCUT2D eigenvalue weighted by Crippen LogP contribution is 2.06. The number of rotatable bonds is 5. The summed E-state index contributed by atoms with van der Waals surface area (Å²) in [6.07, 6.45) is 0.459. The molecule has 2 atom stereocenters. The van der Waals surface area contributed by atoms with E-state index in [-0.39, 0.29) is 12.1 Å². The summed E-state index contributed by atoms with van der Waals surface area (Å²) in [5, 5.41) is 0. The van der Waals surface area contributed by atoms with Crippen molar-refractivity contribution in [3.63, 3.8) is 0 Å².